The van der Waals surface area contributed by atoms with Crippen LogP contribution in [0, 0.1) is 0 Å². The first-order valence-electron chi connectivity index (χ1n) is 8.25. The molecular weight excluding hydrogens is 350 g/mol. The van der Waals surface area contributed by atoms with Crippen molar-refractivity contribution in [2.24, 2.45) is 0 Å². The van der Waals surface area contributed by atoms with E-state index in [1.807, 2.05) is 12.1 Å². The lowest BCUT2D eigenvalue weighted by molar-refractivity contribution is -0.136. The number of hydrogen-bond acceptors (Lipinski definition) is 6. The summed E-state index contributed by atoms with van der Waals surface area (Å²) in [7, 11) is 4.27. The van der Waals surface area contributed by atoms with Gasteiger partial charge >= 0.3 is 5.97 Å². The second-order valence-electron chi connectivity index (χ2n) is 6.01. The van der Waals surface area contributed by atoms with Crippen molar-refractivity contribution in [3.05, 3.63) is 53.1 Å². The number of ether oxygens (including phenoxy) is 3. The van der Waals surface area contributed by atoms with E-state index in [1.165, 1.54) is 19.1 Å². The minimum Gasteiger partial charge on any atom is -0.497 e. The number of hydrogen-bond donors (Lipinski definition) is 0. The zero-order chi connectivity index (χ0) is 19.6. The number of carbonyl (C=O) groups is 3. The summed E-state index contributed by atoms with van der Waals surface area (Å²) in [6.45, 7) is 0.211. The van der Waals surface area contributed by atoms with Gasteiger partial charge in [0.2, 0.25) is 5.78 Å². The lowest BCUT2D eigenvalue weighted by Crippen LogP contribution is -2.41. The summed E-state index contributed by atoms with van der Waals surface area (Å²) in [4.78, 5) is 38.1. The fraction of sp³-hybridized carbons (Fsp3) is 0.250. The summed E-state index contributed by atoms with van der Waals surface area (Å²) in [6, 6.07) is 10.4. The van der Waals surface area contributed by atoms with E-state index in [2.05, 4.69) is 0 Å². The van der Waals surface area contributed by atoms with Crippen molar-refractivity contribution in [2.45, 2.75) is 13.0 Å². The van der Waals surface area contributed by atoms with Crippen LogP contribution in [0.2, 0.25) is 0 Å². The fourth-order valence-corrected chi connectivity index (χ4v) is 3.02. The molecule has 1 heterocycles. The van der Waals surface area contributed by atoms with Crippen LogP contribution in [-0.2, 0) is 27.3 Å². The predicted octanol–water partition coefficient (Wildman–Crippen LogP) is 2.15. The highest BCUT2D eigenvalue weighted by Crippen LogP contribution is 2.35. The molecule has 0 bridgehead atoms. The van der Waals surface area contributed by atoms with Gasteiger partial charge in [0, 0.05) is 12.5 Å². The van der Waals surface area contributed by atoms with Crippen molar-refractivity contribution in [3.8, 4) is 11.5 Å². The van der Waals surface area contributed by atoms with Crippen LogP contribution in [0.15, 0.2) is 36.4 Å². The lowest BCUT2D eigenvalue weighted by atomic mass is 9.96. The third kappa shape index (κ3) is 3.48. The van der Waals surface area contributed by atoms with Gasteiger partial charge in [0.05, 0.1) is 33.6 Å². The van der Waals surface area contributed by atoms with Gasteiger partial charge in [0.15, 0.2) is 0 Å². The SMILES string of the molecule is COC(=O)c1cc2c(cc1OC)N(Cc1ccc(OC)cc1)C(=O)C(=O)C2. The number of esters is 1. The van der Waals surface area contributed by atoms with Gasteiger partial charge < -0.3 is 19.1 Å². The van der Waals surface area contributed by atoms with Gasteiger partial charge in [-0.25, -0.2) is 4.79 Å². The Hall–Kier alpha value is -3.35. The Morgan fingerprint density at radius 2 is 1.74 bits per heavy atom. The zero-order valence-electron chi connectivity index (χ0n) is 15.3. The maximum atomic E-state index is 12.5. The molecule has 7 nitrogen and oxygen atoms in total. The molecule has 3 rings (SSSR count). The molecule has 2 aromatic carbocycles. The molecular formula is C20H19NO6. The van der Waals surface area contributed by atoms with E-state index < -0.39 is 17.7 Å². The molecule has 1 aliphatic rings. The van der Waals surface area contributed by atoms with Crippen LogP contribution >= 0.6 is 0 Å². The summed E-state index contributed by atoms with van der Waals surface area (Å²) in [5, 5.41) is 0. The normalized spacial score (nSPS) is 13.2. The number of Topliss-reactive ketones (excluding diaryl/α,β-unsaturated/α-hetero) is 1. The molecule has 0 saturated heterocycles. The van der Waals surface area contributed by atoms with Gasteiger partial charge in [0.25, 0.3) is 5.91 Å². The van der Waals surface area contributed by atoms with Gasteiger partial charge in [0.1, 0.15) is 17.1 Å². The Balaban J connectivity index is 2.03. The van der Waals surface area contributed by atoms with Crippen molar-refractivity contribution in [1.82, 2.24) is 0 Å². The van der Waals surface area contributed by atoms with E-state index in [0.29, 0.717) is 17.0 Å². The van der Waals surface area contributed by atoms with Crippen molar-refractivity contribution >= 4 is 23.3 Å². The molecule has 0 atom stereocenters. The number of amides is 1. The maximum absolute atomic E-state index is 12.5. The monoisotopic (exact) mass is 369 g/mol. The lowest BCUT2D eigenvalue weighted by Gasteiger charge is -2.29. The Bertz CT molecular complexity index is 903. The first-order chi connectivity index (χ1) is 13.0. The first kappa shape index (κ1) is 18.4. The van der Waals surface area contributed by atoms with E-state index in [-0.39, 0.29) is 24.3 Å². The molecule has 0 saturated carbocycles. The van der Waals surface area contributed by atoms with Crippen LogP contribution in [0.1, 0.15) is 21.5 Å². The highest BCUT2D eigenvalue weighted by Gasteiger charge is 2.33. The first-order valence-corrected chi connectivity index (χ1v) is 8.25. The molecule has 0 spiro atoms. The molecule has 7 heteroatoms. The molecule has 1 amide bonds. The molecule has 0 aromatic heterocycles. The molecule has 0 aliphatic carbocycles. The minimum absolute atomic E-state index is 0.0682. The molecule has 0 fully saturated rings. The number of nitrogens with zero attached hydrogens (tertiary/aromatic N) is 1. The molecule has 27 heavy (non-hydrogen) atoms. The molecule has 0 radical (unpaired) electrons. The predicted molar refractivity (Wildman–Crippen MR) is 97.2 cm³/mol. The second-order valence-corrected chi connectivity index (χ2v) is 6.01. The topological polar surface area (TPSA) is 82.1 Å². The van der Waals surface area contributed by atoms with Crippen molar-refractivity contribution in [2.75, 3.05) is 26.2 Å². The second kappa shape index (κ2) is 7.49. The standard InChI is InChI=1S/C20H19NO6/c1-25-14-6-4-12(5-7-14)11-21-16-10-18(26-2)15(20(24)27-3)8-13(16)9-17(22)19(21)23/h4-8,10H,9,11H2,1-3H3. The van der Waals surface area contributed by atoms with Crippen LogP contribution in [0.4, 0.5) is 5.69 Å². The zero-order valence-corrected chi connectivity index (χ0v) is 15.3. The Labute approximate surface area is 156 Å². The third-order valence-corrected chi connectivity index (χ3v) is 4.43. The third-order valence-electron chi connectivity index (χ3n) is 4.43. The van der Waals surface area contributed by atoms with Gasteiger partial charge in [-0.1, -0.05) is 12.1 Å². The van der Waals surface area contributed by atoms with E-state index in [0.717, 1.165) is 5.56 Å². The fourth-order valence-electron chi connectivity index (χ4n) is 3.02. The van der Waals surface area contributed by atoms with Gasteiger partial charge in [-0.15, -0.1) is 0 Å². The van der Waals surface area contributed by atoms with Crippen LogP contribution in [-0.4, -0.2) is 39.0 Å². The highest BCUT2D eigenvalue weighted by atomic mass is 16.5. The summed E-state index contributed by atoms with van der Waals surface area (Å²) >= 11 is 0. The van der Waals surface area contributed by atoms with Crippen molar-refractivity contribution in [3.63, 3.8) is 0 Å². The molecule has 2 aromatic rings. The number of benzene rings is 2. The van der Waals surface area contributed by atoms with E-state index in [4.69, 9.17) is 14.2 Å². The van der Waals surface area contributed by atoms with Gasteiger partial charge in [-0.2, -0.15) is 0 Å². The van der Waals surface area contributed by atoms with Gasteiger partial charge in [-0.05, 0) is 29.3 Å². The van der Waals surface area contributed by atoms with Crippen LogP contribution in [0.3, 0.4) is 0 Å². The average molecular weight is 369 g/mol. The summed E-state index contributed by atoms with van der Waals surface area (Å²) in [5.41, 5.74) is 2.17. The summed E-state index contributed by atoms with van der Waals surface area (Å²) < 4.78 is 15.2. The summed E-state index contributed by atoms with van der Waals surface area (Å²) in [6.07, 6.45) is -0.0682. The number of ketones is 1. The number of fused-ring (bicyclic) bond motifs is 1. The number of anilines is 1. The number of rotatable bonds is 5. The smallest absolute Gasteiger partial charge is 0.341 e. The highest BCUT2D eigenvalue weighted by molar-refractivity contribution is 6.43. The molecule has 140 valence electrons. The number of carbonyl (C=O) groups excluding carboxylic acids is 3. The van der Waals surface area contributed by atoms with Gasteiger partial charge in [-0.3, -0.25) is 9.59 Å². The quantitative estimate of drug-likeness (QED) is 0.593. The van der Waals surface area contributed by atoms with Crippen LogP contribution in [0.5, 0.6) is 11.5 Å². The Kier molecular flexibility index (Phi) is 5.12. The average Bonchev–Trinajstić information content (AvgIpc) is 2.70. The molecule has 0 unspecified atom stereocenters. The number of methoxy groups -OCH3 is 3. The minimum atomic E-state index is -0.591. The van der Waals surface area contributed by atoms with Crippen LogP contribution in [0.25, 0.3) is 0 Å². The van der Waals surface area contributed by atoms with E-state index >= 15 is 0 Å². The maximum Gasteiger partial charge on any atom is 0.341 e. The van der Waals surface area contributed by atoms with Crippen molar-refractivity contribution < 1.29 is 28.6 Å². The van der Waals surface area contributed by atoms with Crippen molar-refractivity contribution in [1.29, 1.82) is 0 Å². The summed E-state index contributed by atoms with van der Waals surface area (Å²) in [5.74, 6) is -0.712. The van der Waals surface area contributed by atoms with E-state index in [1.54, 1.807) is 31.4 Å². The Morgan fingerprint density at radius 3 is 2.33 bits per heavy atom. The van der Waals surface area contributed by atoms with E-state index in [9.17, 15) is 14.4 Å². The molecule has 0 N–H and O–H groups in total. The molecule has 1 aliphatic heterocycles. The van der Waals surface area contributed by atoms with Crippen LogP contribution < -0.4 is 14.4 Å². The Morgan fingerprint density at radius 1 is 1.04 bits per heavy atom. The largest absolute Gasteiger partial charge is 0.497 e.